The third-order valence-corrected chi connectivity index (χ3v) is 4.93. The minimum atomic E-state index is -4.44. The van der Waals surface area contributed by atoms with Crippen LogP contribution in [0.1, 0.15) is 15.9 Å². The van der Waals surface area contributed by atoms with Crippen molar-refractivity contribution in [1.29, 1.82) is 0 Å². The SMILES string of the molecule is CNc1ccc(C(=O)N2CCN(c3ccc(Br)cc3C(F)(F)F)CC2)cn1. The maximum Gasteiger partial charge on any atom is 0.418 e. The largest absolute Gasteiger partial charge is 0.418 e. The highest BCUT2D eigenvalue weighted by Gasteiger charge is 2.36. The van der Waals surface area contributed by atoms with Gasteiger partial charge in [-0.3, -0.25) is 4.79 Å². The number of carbonyl (C=O) groups is 1. The van der Waals surface area contributed by atoms with Gasteiger partial charge in [0, 0.05) is 49.6 Å². The highest BCUT2D eigenvalue weighted by molar-refractivity contribution is 9.10. The predicted molar refractivity (Wildman–Crippen MR) is 101 cm³/mol. The summed E-state index contributed by atoms with van der Waals surface area (Å²) in [7, 11) is 1.74. The standard InChI is InChI=1S/C18H18BrF3N4O/c1-23-16-5-2-12(11-24-16)17(27)26-8-6-25(7-9-26)15-4-3-13(19)10-14(15)18(20,21)22/h2-5,10-11H,6-9H2,1H3,(H,23,24). The van der Waals surface area contributed by atoms with Crippen LogP contribution < -0.4 is 10.2 Å². The molecule has 1 amide bonds. The first-order chi connectivity index (χ1) is 12.8. The van der Waals surface area contributed by atoms with Crippen molar-refractivity contribution in [1.82, 2.24) is 9.88 Å². The van der Waals surface area contributed by atoms with E-state index < -0.39 is 11.7 Å². The number of anilines is 2. The highest BCUT2D eigenvalue weighted by Crippen LogP contribution is 2.38. The summed E-state index contributed by atoms with van der Waals surface area (Å²) in [5.41, 5.74) is -0.0802. The summed E-state index contributed by atoms with van der Waals surface area (Å²) >= 11 is 3.10. The Labute approximate surface area is 163 Å². The molecule has 1 aliphatic heterocycles. The molecule has 1 saturated heterocycles. The molecular weight excluding hydrogens is 425 g/mol. The van der Waals surface area contributed by atoms with Crippen molar-refractivity contribution in [2.45, 2.75) is 6.18 Å². The Morgan fingerprint density at radius 1 is 1.15 bits per heavy atom. The van der Waals surface area contributed by atoms with E-state index in [1.807, 2.05) is 0 Å². The number of piperazine rings is 1. The van der Waals surface area contributed by atoms with Crippen molar-refractivity contribution in [2.24, 2.45) is 0 Å². The molecular formula is C18H18BrF3N4O. The zero-order valence-corrected chi connectivity index (χ0v) is 16.1. The molecule has 0 spiro atoms. The Balaban J connectivity index is 1.71. The molecule has 1 N–H and O–H groups in total. The van der Waals surface area contributed by atoms with Crippen LogP contribution in [0.4, 0.5) is 24.7 Å². The summed E-state index contributed by atoms with van der Waals surface area (Å²) in [5.74, 6) is 0.489. The number of nitrogens with one attached hydrogen (secondary N) is 1. The van der Waals surface area contributed by atoms with Crippen molar-refractivity contribution >= 4 is 33.3 Å². The lowest BCUT2D eigenvalue weighted by Gasteiger charge is -2.37. The Kier molecular flexibility index (Phi) is 5.59. The molecule has 0 saturated carbocycles. The number of carbonyl (C=O) groups excluding carboxylic acids is 1. The molecule has 3 rings (SSSR count). The van der Waals surface area contributed by atoms with Gasteiger partial charge in [-0.15, -0.1) is 0 Å². The van der Waals surface area contributed by atoms with Crippen LogP contribution >= 0.6 is 15.9 Å². The minimum Gasteiger partial charge on any atom is -0.373 e. The van der Waals surface area contributed by atoms with Gasteiger partial charge in [0.1, 0.15) is 5.82 Å². The zero-order valence-electron chi connectivity index (χ0n) is 14.6. The topological polar surface area (TPSA) is 48.5 Å². The van der Waals surface area contributed by atoms with Crippen molar-refractivity contribution < 1.29 is 18.0 Å². The van der Waals surface area contributed by atoms with Gasteiger partial charge in [0.15, 0.2) is 0 Å². The second kappa shape index (κ2) is 7.75. The van der Waals surface area contributed by atoms with Crippen molar-refractivity contribution in [3.8, 4) is 0 Å². The fraction of sp³-hybridized carbons (Fsp3) is 0.333. The van der Waals surface area contributed by atoms with Gasteiger partial charge in [0.25, 0.3) is 5.91 Å². The van der Waals surface area contributed by atoms with E-state index in [1.165, 1.54) is 12.3 Å². The summed E-state index contributed by atoms with van der Waals surface area (Å²) in [6.07, 6.45) is -2.94. The molecule has 9 heteroatoms. The summed E-state index contributed by atoms with van der Waals surface area (Å²) in [6, 6.07) is 7.54. The monoisotopic (exact) mass is 442 g/mol. The Hall–Kier alpha value is -2.29. The molecule has 1 aromatic carbocycles. The number of amides is 1. The molecule has 144 valence electrons. The first-order valence-electron chi connectivity index (χ1n) is 8.34. The summed E-state index contributed by atoms with van der Waals surface area (Å²) < 4.78 is 40.4. The van der Waals surface area contributed by atoms with Crippen LogP contribution in [-0.4, -0.2) is 49.0 Å². The summed E-state index contributed by atoms with van der Waals surface area (Å²) in [5, 5.41) is 2.88. The van der Waals surface area contributed by atoms with Gasteiger partial charge in [-0.05, 0) is 30.3 Å². The van der Waals surface area contributed by atoms with Gasteiger partial charge in [-0.25, -0.2) is 4.98 Å². The van der Waals surface area contributed by atoms with E-state index in [4.69, 9.17) is 0 Å². The number of pyridine rings is 1. The van der Waals surface area contributed by atoms with Crippen LogP contribution in [0.2, 0.25) is 0 Å². The lowest BCUT2D eigenvalue weighted by atomic mass is 10.1. The lowest BCUT2D eigenvalue weighted by Crippen LogP contribution is -2.49. The van der Waals surface area contributed by atoms with Crippen molar-refractivity contribution in [3.63, 3.8) is 0 Å². The van der Waals surface area contributed by atoms with Crippen LogP contribution in [0.15, 0.2) is 41.0 Å². The first-order valence-corrected chi connectivity index (χ1v) is 9.13. The summed E-state index contributed by atoms with van der Waals surface area (Å²) in [4.78, 5) is 20.0. The van der Waals surface area contributed by atoms with Crippen LogP contribution in [0.5, 0.6) is 0 Å². The number of benzene rings is 1. The van der Waals surface area contributed by atoms with Gasteiger partial charge in [0.2, 0.25) is 0 Å². The Bertz CT molecular complexity index is 818. The normalized spacial score (nSPS) is 15.0. The van der Waals surface area contributed by atoms with Gasteiger partial charge in [0.05, 0.1) is 11.1 Å². The molecule has 0 atom stereocenters. The van der Waals surface area contributed by atoms with Crippen molar-refractivity contribution in [3.05, 3.63) is 52.1 Å². The van der Waals surface area contributed by atoms with Gasteiger partial charge in [-0.1, -0.05) is 15.9 Å². The number of hydrogen-bond acceptors (Lipinski definition) is 4. The molecule has 1 aromatic heterocycles. The van der Waals surface area contributed by atoms with E-state index in [0.29, 0.717) is 42.0 Å². The van der Waals surface area contributed by atoms with E-state index >= 15 is 0 Å². The number of halogens is 4. The fourth-order valence-electron chi connectivity index (χ4n) is 3.01. The van der Waals surface area contributed by atoms with E-state index in [1.54, 1.807) is 35.0 Å². The number of rotatable bonds is 3. The first kappa shape index (κ1) is 19.5. The van der Waals surface area contributed by atoms with Crippen molar-refractivity contribution in [2.75, 3.05) is 43.4 Å². The van der Waals surface area contributed by atoms with E-state index in [0.717, 1.165) is 6.07 Å². The van der Waals surface area contributed by atoms with Crippen LogP contribution in [-0.2, 0) is 6.18 Å². The lowest BCUT2D eigenvalue weighted by molar-refractivity contribution is -0.137. The maximum absolute atomic E-state index is 13.3. The van der Waals surface area contributed by atoms with Crippen LogP contribution in [0.25, 0.3) is 0 Å². The fourth-order valence-corrected chi connectivity index (χ4v) is 3.37. The number of nitrogens with zero attached hydrogens (tertiary/aromatic N) is 3. The molecule has 0 radical (unpaired) electrons. The molecule has 27 heavy (non-hydrogen) atoms. The second-order valence-corrected chi connectivity index (χ2v) is 7.04. The maximum atomic E-state index is 13.3. The molecule has 2 aromatic rings. The number of aromatic nitrogens is 1. The van der Waals surface area contributed by atoms with E-state index in [2.05, 4.69) is 26.2 Å². The average molecular weight is 443 g/mol. The molecule has 0 aliphatic carbocycles. The molecule has 2 heterocycles. The average Bonchev–Trinajstić information content (AvgIpc) is 2.67. The Morgan fingerprint density at radius 3 is 2.41 bits per heavy atom. The smallest absolute Gasteiger partial charge is 0.373 e. The third kappa shape index (κ3) is 4.35. The quantitative estimate of drug-likeness (QED) is 0.783. The van der Waals surface area contributed by atoms with E-state index in [-0.39, 0.29) is 11.6 Å². The highest BCUT2D eigenvalue weighted by atomic mass is 79.9. The van der Waals surface area contributed by atoms with Gasteiger partial charge >= 0.3 is 6.18 Å². The van der Waals surface area contributed by atoms with Gasteiger partial charge < -0.3 is 15.1 Å². The van der Waals surface area contributed by atoms with Gasteiger partial charge in [-0.2, -0.15) is 13.2 Å². The number of hydrogen-bond donors (Lipinski definition) is 1. The predicted octanol–water partition coefficient (Wildman–Crippen LogP) is 3.87. The Morgan fingerprint density at radius 2 is 1.85 bits per heavy atom. The second-order valence-electron chi connectivity index (χ2n) is 6.12. The molecule has 5 nitrogen and oxygen atoms in total. The molecule has 0 unspecified atom stereocenters. The van der Waals surface area contributed by atoms with Crippen LogP contribution in [0, 0.1) is 0 Å². The van der Waals surface area contributed by atoms with Crippen LogP contribution in [0.3, 0.4) is 0 Å². The number of alkyl halides is 3. The molecule has 0 bridgehead atoms. The third-order valence-electron chi connectivity index (χ3n) is 4.44. The minimum absolute atomic E-state index is 0.137. The molecule has 1 aliphatic rings. The zero-order chi connectivity index (χ0) is 19.6. The summed E-state index contributed by atoms with van der Waals surface area (Å²) in [6.45, 7) is 1.36. The van der Waals surface area contributed by atoms with E-state index in [9.17, 15) is 18.0 Å². The molecule has 1 fully saturated rings.